The summed E-state index contributed by atoms with van der Waals surface area (Å²) in [6.45, 7) is 1.39. The number of likely N-dealkylation sites (tertiary alicyclic amines) is 1. The van der Waals surface area contributed by atoms with E-state index in [-0.39, 0.29) is 36.3 Å². The number of hydrogen-bond donors (Lipinski definition) is 1. The number of pyridine rings is 2. The van der Waals surface area contributed by atoms with Crippen molar-refractivity contribution in [1.82, 2.24) is 20.2 Å². The number of rotatable bonds is 5. The first kappa shape index (κ1) is 17.6. The van der Waals surface area contributed by atoms with Crippen LogP contribution in [0.2, 0.25) is 0 Å². The molecule has 3 atom stereocenters. The smallest absolute Gasteiger partial charge is 0.228 e. The summed E-state index contributed by atoms with van der Waals surface area (Å²) < 4.78 is 5.81. The van der Waals surface area contributed by atoms with Crippen LogP contribution in [0.5, 0.6) is 0 Å². The minimum atomic E-state index is -0.346. The predicted octanol–water partition coefficient (Wildman–Crippen LogP) is 0.951. The lowest BCUT2D eigenvalue weighted by Crippen LogP contribution is -2.38. The van der Waals surface area contributed by atoms with Gasteiger partial charge in [0.1, 0.15) is 0 Å². The fraction of sp³-hybridized carbons (Fsp3) is 0.400. The third-order valence-electron chi connectivity index (χ3n) is 5.20. The van der Waals surface area contributed by atoms with Crippen LogP contribution in [0, 0.1) is 5.92 Å². The van der Waals surface area contributed by atoms with Crippen LogP contribution in [0.15, 0.2) is 48.9 Å². The van der Waals surface area contributed by atoms with Crippen molar-refractivity contribution in [2.75, 3.05) is 13.2 Å². The van der Waals surface area contributed by atoms with Crippen molar-refractivity contribution >= 4 is 11.8 Å². The summed E-state index contributed by atoms with van der Waals surface area (Å²) in [5, 5.41) is 2.95. The molecule has 2 aliphatic rings. The summed E-state index contributed by atoms with van der Waals surface area (Å²) >= 11 is 0. The SMILES string of the molecule is O=C(NCc1cccnc1)C1CN(C(=O)Cc2ccccn2)C2CCOC12. The van der Waals surface area contributed by atoms with Gasteiger partial charge in [-0.15, -0.1) is 0 Å². The lowest BCUT2D eigenvalue weighted by molar-refractivity contribution is -0.131. The highest BCUT2D eigenvalue weighted by atomic mass is 16.5. The summed E-state index contributed by atoms with van der Waals surface area (Å²) in [6.07, 6.45) is 5.89. The Morgan fingerprint density at radius 2 is 2.15 bits per heavy atom. The maximum absolute atomic E-state index is 12.8. The molecular weight excluding hydrogens is 344 g/mol. The Bertz CT molecular complexity index is 799. The van der Waals surface area contributed by atoms with Crippen molar-refractivity contribution in [3.05, 3.63) is 60.2 Å². The molecular formula is C20H22N4O3. The number of carbonyl (C=O) groups excluding carboxylic acids is 2. The Balaban J connectivity index is 1.41. The van der Waals surface area contributed by atoms with Crippen molar-refractivity contribution in [1.29, 1.82) is 0 Å². The van der Waals surface area contributed by atoms with E-state index in [9.17, 15) is 9.59 Å². The van der Waals surface area contributed by atoms with Gasteiger partial charge >= 0.3 is 0 Å². The molecule has 140 valence electrons. The van der Waals surface area contributed by atoms with Crippen molar-refractivity contribution in [3.8, 4) is 0 Å². The highest BCUT2D eigenvalue weighted by molar-refractivity contribution is 5.84. The van der Waals surface area contributed by atoms with E-state index < -0.39 is 0 Å². The zero-order valence-corrected chi connectivity index (χ0v) is 15.0. The van der Waals surface area contributed by atoms with Crippen molar-refractivity contribution in [2.24, 2.45) is 5.92 Å². The van der Waals surface area contributed by atoms with Crippen molar-refractivity contribution < 1.29 is 14.3 Å². The van der Waals surface area contributed by atoms with Crippen LogP contribution in [0.1, 0.15) is 17.7 Å². The van der Waals surface area contributed by atoms with Gasteiger partial charge in [0.05, 0.1) is 24.5 Å². The Kier molecular flexibility index (Phi) is 5.11. The Morgan fingerprint density at radius 1 is 1.22 bits per heavy atom. The predicted molar refractivity (Wildman–Crippen MR) is 97.4 cm³/mol. The van der Waals surface area contributed by atoms with Gasteiger partial charge in [0.25, 0.3) is 0 Å². The Labute approximate surface area is 157 Å². The standard InChI is InChI=1S/C20H22N4O3/c25-18(10-15-5-1-2-8-22-15)24-13-16(19-17(24)6-9-27-19)20(26)23-12-14-4-3-7-21-11-14/h1-5,7-8,11,16-17,19H,6,9-10,12-13H2,(H,23,26). The van der Waals surface area contributed by atoms with Crippen LogP contribution < -0.4 is 5.32 Å². The molecule has 0 radical (unpaired) electrons. The topological polar surface area (TPSA) is 84.4 Å². The molecule has 7 heteroatoms. The highest BCUT2D eigenvalue weighted by Gasteiger charge is 2.50. The van der Waals surface area contributed by atoms with Crippen LogP contribution in [-0.4, -0.2) is 52.0 Å². The van der Waals surface area contributed by atoms with Crippen LogP contribution >= 0.6 is 0 Å². The van der Waals surface area contributed by atoms with Gasteiger partial charge in [-0.2, -0.15) is 0 Å². The van der Waals surface area contributed by atoms with Crippen LogP contribution in [0.25, 0.3) is 0 Å². The number of hydrogen-bond acceptors (Lipinski definition) is 5. The lowest BCUT2D eigenvalue weighted by Gasteiger charge is -2.22. The first-order chi connectivity index (χ1) is 13.2. The van der Waals surface area contributed by atoms with Gasteiger partial charge < -0.3 is 15.0 Å². The number of nitrogens with zero attached hydrogens (tertiary/aromatic N) is 3. The summed E-state index contributed by atoms with van der Waals surface area (Å²) in [6, 6.07) is 9.26. The van der Waals surface area contributed by atoms with Gasteiger partial charge in [-0.3, -0.25) is 19.6 Å². The third-order valence-corrected chi connectivity index (χ3v) is 5.20. The first-order valence-corrected chi connectivity index (χ1v) is 9.20. The summed E-state index contributed by atoms with van der Waals surface area (Å²) in [5.41, 5.74) is 1.68. The Morgan fingerprint density at radius 3 is 2.93 bits per heavy atom. The summed E-state index contributed by atoms with van der Waals surface area (Å²) in [5.74, 6) is -0.428. The zero-order chi connectivity index (χ0) is 18.6. The summed E-state index contributed by atoms with van der Waals surface area (Å²) in [7, 11) is 0. The van der Waals surface area contributed by atoms with Gasteiger partial charge in [0, 0.05) is 44.0 Å². The second kappa shape index (κ2) is 7.84. The zero-order valence-electron chi connectivity index (χ0n) is 15.0. The number of nitrogens with one attached hydrogen (secondary N) is 1. The van der Waals surface area contributed by atoms with Gasteiger partial charge in [0.15, 0.2) is 0 Å². The number of aromatic nitrogens is 2. The number of amides is 2. The average molecular weight is 366 g/mol. The van der Waals surface area contributed by atoms with E-state index in [1.165, 1.54) is 0 Å². The molecule has 2 amide bonds. The molecule has 0 aromatic carbocycles. The van der Waals surface area contributed by atoms with E-state index in [1.807, 2.05) is 30.3 Å². The van der Waals surface area contributed by atoms with E-state index in [1.54, 1.807) is 23.5 Å². The van der Waals surface area contributed by atoms with Crippen molar-refractivity contribution in [3.63, 3.8) is 0 Å². The lowest BCUT2D eigenvalue weighted by atomic mass is 10.0. The second-order valence-electron chi connectivity index (χ2n) is 6.92. The molecule has 27 heavy (non-hydrogen) atoms. The van der Waals surface area contributed by atoms with E-state index in [4.69, 9.17) is 4.74 Å². The van der Waals surface area contributed by atoms with Gasteiger partial charge in [0.2, 0.25) is 11.8 Å². The summed E-state index contributed by atoms with van der Waals surface area (Å²) in [4.78, 5) is 35.6. The molecule has 2 aromatic heterocycles. The largest absolute Gasteiger partial charge is 0.375 e. The minimum Gasteiger partial charge on any atom is -0.375 e. The van der Waals surface area contributed by atoms with Gasteiger partial charge in [-0.05, 0) is 30.2 Å². The van der Waals surface area contributed by atoms with Crippen LogP contribution in [-0.2, 0) is 27.3 Å². The highest BCUT2D eigenvalue weighted by Crippen LogP contribution is 2.34. The fourth-order valence-corrected chi connectivity index (χ4v) is 3.87. The molecule has 2 aliphatic heterocycles. The minimum absolute atomic E-state index is 0.00300. The number of fused-ring (bicyclic) bond motifs is 1. The van der Waals surface area contributed by atoms with Crippen LogP contribution in [0.3, 0.4) is 0 Å². The maximum Gasteiger partial charge on any atom is 0.228 e. The van der Waals surface area contributed by atoms with E-state index in [0.29, 0.717) is 19.7 Å². The molecule has 2 aromatic rings. The monoisotopic (exact) mass is 366 g/mol. The Hall–Kier alpha value is -2.80. The van der Waals surface area contributed by atoms with E-state index in [2.05, 4.69) is 15.3 Å². The molecule has 0 bridgehead atoms. The first-order valence-electron chi connectivity index (χ1n) is 9.20. The van der Waals surface area contributed by atoms with E-state index in [0.717, 1.165) is 17.7 Å². The normalized spacial score (nSPS) is 23.9. The fourth-order valence-electron chi connectivity index (χ4n) is 3.87. The third kappa shape index (κ3) is 3.83. The second-order valence-corrected chi connectivity index (χ2v) is 6.92. The molecule has 7 nitrogen and oxygen atoms in total. The van der Waals surface area contributed by atoms with Crippen molar-refractivity contribution in [2.45, 2.75) is 31.5 Å². The van der Waals surface area contributed by atoms with Gasteiger partial charge in [-0.1, -0.05) is 12.1 Å². The molecule has 1 N–H and O–H groups in total. The molecule has 2 fully saturated rings. The number of carbonyl (C=O) groups is 2. The molecule has 0 spiro atoms. The molecule has 4 heterocycles. The molecule has 0 aliphatic carbocycles. The molecule has 0 saturated carbocycles. The molecule has 4 rings (SSSR count). The van der Waals surface area contributed by atoms with Crippen LogP contribution in [0.4, 0.5) is 0 Å². The molecule has 3 unspecified atom stereocenters. The van der Waals surface area contributed by atoms with Gasteiger partial charge in [-0.25, -0.2) is 0 Å². The number of ether oxygens (including phenoxy) is 1. The average Bonchev–Trinajstić information content (AvgIpc) is 3.30. The quantitative estimate of drug-likeness (QED) is 0.852. The molecule has 2 saturated heterocycles. The van der Waals surface area contributed by atoms with E-state index >= 15 is 0 Å². The maximum atomic E-state index is 12.8.